The van der Waals surface area contributed by atoms with Crippen molar-refractivity contribution in [2.75, 3.05) is 13.2 Å². The number of amides is 1. The Morgan fingerprint density at radius 3 is 2.62 bits per heavy atom. The van der Waals surface area contributed by atoms with Crippen molar-refractivity contribution in [1.82, 2.24) is 4.90 Å². The van der Waals surface area contributed by atoms with Gasteiger partial charge in [0.1, 0.15) is 0 Å². The molecule has 0 N–H and O–H groups in total. The van der Waals surface area contributed by atoms with E-state index in [0.717, 1.165) is 30.2 Å². The summed E-state index contributed by atoms with van der Waals surface area (Å²) in [5.74, 6) is 0.162. The third kappa shape index (κ3) is 3.46. The lowest BCUT2D eigenvalue weighted by Crippen LogP contribution is -2.50. The van der Waals surface area contributed by atoms with Gasteiger partial charge in [-0.15, -0.1) is 0 Å². The van der Waals surface area contributed by atoms with E-state index in [4.69, 9.17) is 4.74 Å². The van der Waals surface area contributed by atoms with Crippen LogP contribution in [0.4, 0.5) is 0 Å². The summed E-state index contributed by atoms with van der Waals surface area (Å²) in [5, 5.41) is 2.08. The number of carbonyl (C=O) groups excluding carboxylic acids is 2. The third-order valence-electron chi connectivity index (χ3n) is 5.88. The Kier molecular flexibility index (Phi) is 4.91. The van der Waals surface area contributed by atoms with E-state index in [1.165, 1.54) is 25.7 Å². The number of esters is 1. The topological polar surface area (TPSA) is 46.6 Å². The Hall–Kier alpha value is -2.36. The second-order valence-electron chi connectivity index (χ2n) is 7.48. The number of fused-ring (bicyclic) bond motifs is 2. The lowest BCUT2D eigenvalue weighted by atomic mass is 9.78. The first-order valence-corrected chi connectivity index (χ1v) is 9.68. The van der Waals surface area contributed by atoms with Crippen LogP contribution < -0.4 is 0 Å². The fraction of sp³-hybridized carbons (Fsp3) is 0.455. The first-order valence-electron chi connectivity index (χ1n) is 9.68. The van der Waals surface area contributed by atoms with E-state index >= 15 is 0 Å². The van der Waals surface area contributed by atoms with Gasteiger partial charge in [-0.1, -0.05) is 43.2 Å². The molecule has 4 heteroatoms. The van der Waals surface area contributed by atoms with Crippen molar-refractivity contribution in [2.24, 2.45) is 5.92 Å². The number of hydrogen-bond acceptors (Lipinski definition) is 3. The highest BCUT2D eigenvalue weighted by Crippen LogP contribution is 2.35. The molecule has 2 aromatic carbocycles. The van der Waals surface area contributed by atoms with Crippen molar-refractivity contribution in [1.29, 1.82) is 0 Å². The van der Waals surface area contributed by atoms with Crippen LogP contribution in [0.1, 0.15) is 48.9 Å². The van der Waals surface area contributed by atoms with Gasteiger partial charge in [0.2, 0.25) is 0 Å². The maximum atomic E-state index is 12.6. The molecule has 0 spiro atoms. The summed E-state index contributed by atoms with van der Waals surface area (Å²) in [6.45, 7) is 0.641. The summed E-state index contributed by atoms with van der Waals surface area (Å²) < 4.78 is 5.34. The van der Waals surface area contributed by atoms with Crippen LogP contribution in [0.3, 0.4) is 0 Å². The fourth-order valence-electron chi connectivity index (χ4n) is 4.54. The van der Waals surface area contributed by atoms with Gasteiger partial charge < -0.3 is 9.64 Å². The highest BCUT2D eigenvalue weighted by molar-refractivity contribution is 5.96. The second kappa shape index (κ2) is 7.48. The number of nitrogens with zero attached hydrogens (tertiary/aromatic N) is 1. The number of carbonyl (C=O) groups is 2. The molecule has 0 bridgehead atoms. The first kappa shape index (κ1) is 17.1. The van der Waals surface area contributed by atoms with Crippen LogP contribution in [0.25, 0.3) is 10.8 Å². The zero-order valence-electron chi connectivity index (χ0n) is 15.0. The largest absolute Gasteiger partial charge is 0.452 e. The molecule has 4 nitrogen and oxygen atoms in total. The van der Waals surface area contributed by atoms with Crippen molar-refractivity contribution >= 4 is 22.6 Å². The molecular formula is C22H25NO3. The SMILES string of the molecule is O=C(OCC(=O)N1CCC[C@H]2CCCC[C@@H]21)c1ccc2ccccc2c1. The molecule has 2 aromatic rings. The van der Waals surface area contributed by atoms with Gasteiger partial charge >= 0.3 is 5.97 Å². The average Bonchev–Trinajstić information content (AvgIpc) is 2.71. The highest BCUT2D eigenvalue weighted by Gasteiger charge is 2.35. The molecule has 2 aliphatic rings. The molecule has 2 fully saturated rings. The van der Waals surface area contributed by atoms with E-state index in [9.17, 15) is 9.59 Å². The molecule has 4 rings (SSSR count). The summed E-state index contributed by atoms with van der Waals surface area (Å²) in [6.07, 6.45) is 7.08. The van der Waals surface area contributed by atoms with Gasteiger partial charge in [0.15, 0.2) is 6.61 Å². The van der Waals surface area contributed by atoms with Gasteiger partial charge in [-0.2, -0.15) is 0 Å². The maximum absolute atomic E-state index is 12.6. The zero-order chi connectivity index (χ0) is 17.9. The molecule has 1 heterocycles. The number of ether oxygens (including phenoxy) is 1. The molecule has 2 atom stereocenters. The Labute approximate surface area is 154 Å². The summed E-state index contributed by atoms with van der Waals surface area (Å²) in [6, 6.07) is 13.7. The normalized spacial score (nSPS) is 22.7. The predicted octanol–water partition coefficient (Wildman–Crippen LogP) is 4.18. The lowest BCUT2D eigenvalue weighted by molar-refractivity contribution is -0.140. The number of piperidine rings is 1. The molecule has 0 unspecified atom stereocenters. The Morgan fingerprint density at radius 2 is 1.73 bits per heavy atom. The molecule has 0 radical (unpaired) electrons. The average molecular weight is 351 g/mol. The monoisotopic (exact) mass is 351 g/mol. The van der Waals surface area contributed by atoms with Gasteiger partial charge in [0, 0.05) is 12.6 Å². The van der Waals surface area contributed by atoms with Gasteiger partial charge in [0.25, 0.3) is 5.91 Å². The molecule has 1 aliphatic carbocycles. The van der Waals surface area contributed by atoms with E-state index < -0.39 is 5.97 Å². The molecule has 1 saturated carbocycles. The summed E-state index contributed by atoms with van der Waals surface area (Å²) in [5.41, 5.74) is 0.491. The molecule has 136 valence electrons. The summed E-state index contributed by atoms with van der Waals surface area (Å²) >= 11 is 0. The van der Waals surface area contributed by atoms with Crippen LogP contribution in [0, 0.1) is 5.92 Å². The maximum Gasteiger partial charge on any atom is 0.338 e. The first-order chi connectivity index (χ1) is 12.7. The standard InChI is InChI=1S/C22H25NO3/c24-21(23-13-5-9-17-7-3-4-10-20(17)23)15-26-22(25)19-12-11-16-6-1-2-8-18(16)14-19/h1-2,6,8,11-12,14,17,20H,3-5,7,9-10,13,15H2/t17-,20+/m1/s1. The minimum atomic E-state index is -0.429. The number of benzene rings is 2. The zero-order valence-corrected chi connectivity index (χ0v) is 15.0. The van der Waals surface area contributed by atoms with Crippen molar-refractivity contribution < 1.29 is 14.3 Å². The minimum absolute atomic E-state index is 0.0456. The molecule has 1 saturated heterocycles. The molecule has 1 aliphatic heterocycles. The van der Waals surface area contributed by atoms with Crippen molar-refractivity contribution in [3.8, 4) is 0 Å². The predicted molar refractivity (Wildman–Crippen MR) is 101 cm³/mol. The number of rotatable bonds is 3. The van der Waals surface area contributed by atoms with Crippen LogP contribution in [0.2, 0.25) is 0 Å². The van der Waals surface area contributed by atoms with Gasteiger partial charge in [0.05, 0.1) is 5.56 Å². The Balaban J connectivity index is 1.39. The van der Waals surface area contributed by atoms with Gasteiger partial charge in [-0.3, -0.25) is 4.79 Å². The van der Waals surface area contributed by atoms with E-state index in [1.807, 2.05) is 41.3 Å². The van der Waals surface area contributed by atoms with Crippen molar-refractivity contribution in [3.05, 3.63) is 48.0 Å². The van der Waals surface area contributed by atoms with Crippen LogP contribution in [0.5, 0.6) is 0 Å². The minimum Gasteiger partial charge on any atom is -0.452 e. The summed E-state index contributed by atoms with van der Waals surface area (Å²) in [7, 11) is 0. The second-order valence-corrected chi connectivity index (χ2v) is 7.48. The van der Waals surface area contributed by atoms with E-state index in [0.29, 0.717) is 17.5 Å². The number of hydrogen-bond donors (Lipinski definition) is 0. The third-order valence-corrected chi connectivity index (χ3v) is 5.88. The molecule has 0 aromatic heterocycles. The molecule has 1 amide bonds. The molecular weight excluding hydrogens is 326 g/mol. The van der Waals surface area contributed by atoms with Crippen LogP contribution in [-0.4, -0.2) is 36.0 Å². The van der Waals surface area contributed by atoms with Gasteiger partial charge in [-0.25, -0.2) is 4.79 Å². The van der Waals surface area contributed by atoms with Crippen molar-refractivity contribution in [2.45, 2.75) is 44.6 Å². The highest BCUT2D eigenvalue weighted by atomic mass is 16.5. The van der Waals surface area contributed by atoms with Crippen LogP contribution >= 0.6 is 0 Å². The van der Waals surface area contributed by atoms with Crippen LogP contribution in [-0.2, 0) is 9.53 Å². The van der Waals surface area contributed by atoms with Crippen LogP contribution in [0.15, 0.2) is 42.5 Å². The Morgan fingerprint density at radius 1 is 0.962 bits per heavy atom. The van der Waals surface area contributed by atoms with Crippen molar-refractivity contribution in [3.63, 3.8) is 0 Å². The van der Waals surface area contributed by atoms with Gasteiger partial charge in [-0.05, 0) is 54.5 Å². The lowest BCUT2D eigenvalue weighted by Gasteiger charge is -2.44. The summed E-state index contributed by atoms with van der Waals surface area (Å²) in [4.78, 5) is 27.0. The van der Waals surface area contributed by atoms with E-state index in [2.05, 4.69) is 0 Å². The quantitative estimate of drug-likeness (QED) is 0.780. The Bertz CT molecular complexity index is 814. The fourth-order valence-corrected chi connectivity index (χ4v) is 4.54. The molecule has 26 heavy (non-hydrogen) atoms. The number of likely N-dealkylation sites (tertiary alicyclic amines) is 1. The smallest absolute Gasteiger partial charge is 0.338 e. The van der Waals surface area contributed by atoms with E-state index in [-0.39, 0.29) is 12.5 Å². The van der Waals surface area contributed by atoms with E-state index in [1.54, 1.807) is 6.07 Å².